The summed E-state index contributed by atoms with van der Waals surface area (Å²) in [7, 11) is 0. The molecule has 0 atom stereocenters. The minimum absolute atomic E-state index is 0.693. The molecule has 5 rings (SSSR count). The van der Waals surface area contributed by atoms with Gasteiger partial charge in [0.15, 0.2) is 0 Å². The van der Waals surface area contributed by atoms with E-state index >= 15 is 0 Å². The number of H-pyrrole nitrogens is 1. The number of fused-ring (bicyclic) bond motifs is 1. The first-order valence-corrected chi connectivity index (χ1v) is 10.4. The Hall–Kier alpha value is -3.23. The number of piperazine rings is 1. The zero-order valence-corrected chi connectivity index (χ0v) is 17.1. The summed E-state index contributed by atoms with van der Waals surface area (Å²) in [4.78, 5) is 15.0. The fraction of sp³-hybridized carbons (Fsp3) is 0.318. The van der Waals surface area contributed by atoms with E-state index in [-0.39, 0.29) is 0 Å². The van der Waals surface area contributed by atoms with Crippen molar-refractivity contribution in [2.24, 2.45) is 0 Å². The van der Waals surface area contributed by atoms with Crippen LogP contribution < -0.4 is 10.6 Å². The number of hydrogen-bond acceptors (Lipinski definition) is 6. The summed E-state index contributed by atoms with van der Waals surface area (Å²) in [5.41, 5.74) is 5.37. The van der Waals surface area contributed by atoms with Crippen molar-refractivity contribution in [3.63, 3.8) is 0 Å². The van der Waals surface area contributed by atoms with Crippen LogP contribution in [0.1, 0.15) is 12.5 Å². The Labute approximate surface area is 175 Å². The summed E-state index contributed by atoms with van der Waals surface area (Å²) in [6, 6.07) is 10.4. The van der Waals surface area contributed by atoms with Crippen LogP contribution >= 0.6 is 0 Å². The van der Waals surface area contributed by atoms with Crippen LogP contribution in [0.5, 0.6) is 0 Å². The summed E-state index contributed by atoms with van der Waals surface area (Å²) in [5, 5.41) is 11.1. The number of nitrogens with zero attached hydrogens (tertiary/aromatic N) is 5. The van der Waals surface area contributed by atoms with Crippen molar-refractivity contribution in [3.05, 3.63) is 54.5 Å². The van der Waals surface area contributed by atoms with Gasteiger partial charge in [-0.15, -0.1) is 0 Å². The van der Waals surface area contributed by atoms with E-state index in [1.165, 1.54) is 5.56 Å². The van der Waals surface area contributed by atoms with Gasteiger partial charge in [0.1, 0.15) is 5.82 Å². The maximum Gasteiger partial charge on any atom is 0.206 e. The number of benzene rings is 1. The zero-order chi connectivity index (χ0) is 20.3. The summed E-state index contributed by atoms with van der Waals surface area (Å²) in [6.07, 6.45) is 5.81. The highest BCUT2D eigenvalue weighted by Gasteiger charge is 2.11. The second kappa shape index (κ2) is 8.25. The summed E-state index contributed by atoms with van der Waals surface area (Å²) >= 11 is 0. The molecule has 8 heteroatoms. The highest BCUT2D eigenvalue weighted by Crippen LogP contribution is 2.25. The van der Waals surface area contributed by atoms with E-state index in [1.54, 1.807) is 0 Å². The Balaban J connectivity index is 1.33. The molecule has 0 saturated carbocycles. The predicted molar refractivity (Wildman–Crippen MR) is 119 cm³/mol. The topological polar surface area (TPSA) is 86.7 Å². The van der Waals surface area contributed by atoms with Crippen molar-refractivity contribution in [3.8, 4) is 11.1 Å². The highest BCUT2D eigenvalue weighted by atomic mass is 15.3. The first-order valence-electron chi connectivity index (χ1n) is 10.4. The van der Waals surface area contributed by atoms with Crippen LogP contribution in [0.25, 0.3) is 22.2 Å². The molecule has 1 aromatic carbocycles. The van der Waals surface area contributed by atoms with Gasteiger partial charge in [0.05, 0.1) is 17.2 Å². The summed E-state index contributed by atoms with van der Waals surface area (Å²) in [6.45, 7) is 8.14. The average Bonchev–Trinajstić information content (AvgIpc) is 3.40. The van der Waals surface area contributed by atoms with Crippen molar-refractivity contribution in [1.82, 2.24) is 34.9 Å². The van der Waals surface area contributed by atoms with Gasteiger partial charge in [-0.2, -0.15) is 5.10 Å². The van der Waals surface area contributed by atoms with Crippen LogP contribution in [0.4, 0.5) is 11.8 Å². The third kappa shape index (κ3) is 4.05. The van der Waals surface area contributed by atoms with Crippen LogP contribution in [0.2, 0.25) is 0 Å². The van der Waals surface area contributed by atoms with Gasteiger partial charge in [0.25, 0.3) is 0 Å². The maximum absolute atomic E-state index is 4.66. The molecule has 1 fully saturated rings. The van der Waals surface area contributed by atoms with Crippen molar-refractivity contribution < 1.29 is 0 Å². The van der Waals surface area contributed by atoms with Crippen molar-refractivity contribution in [2.75, 3.05) is 31.5 Å². The van der Waals surface area contributed by atoms with Crippen molar-refractivity contribution >= 4 is 22.8 Å². The summed E-state index contributed by atoms with van der Waals surface area (Å²) < 4.78 is 1.93. The Morgan fingerprint density at radius 3 is 2.83 bits per heavy atom. The quantitative estimate of drug-likeness (QED) is 0.460. The molecule has 154 valence electrons. The summed E-state index contributed by atoms with van der Waals surface area (Å²) in [5.74, 6) is 1.49. The van der Waals surface area contributed by atoms with E-state index in [1.807, 2.05) is 23.1 Å². The Morgan fingerprint density at radius 2 is 2.00 bits per heavy atom. The minimum Gasteiger partial charge on any atom is -0.324 e. The number of aromatic amines is 1. The number of aromatic nitrogens is 5. The van der Waals surface area contributed by atoms with Gasteiger partial charge in [0.2, 0.25) is 5.95 Å². The molecule has 0 amide bonds. The van der Waals surface area contributed by atoms with Gasteiger partial charge < -0.3 is 15.6 Å². The van der Waals surface area contributed by atoms with Crippen LogP contribution in [0.15, 0.2) is 48.9 Å². The van der Waals surface area contributed by atoms with Crippen LogP contribution in [0, 0.1) is 0 Å². The number of hydrogen-bond donors (Lipinski definition) is 3. The molecule has 0 bridgehead atoms. The molecular weight excluding hydrogens is 376 g/mol. The number of rotatable bonds is 6. The van der Waals surface area contributed by atoms with E-state index in [4.69, 9.17) is 0 Å². The molecule has 3 aromatic heterocycles. The van der Waals surface area contributed by atoms with Crippen LogP contribution in [0.3, 0.4) is 0 Å². The smallest absolute Gasteiger partial charge is 0.206 e. The molecule has 0 radical (unpaired) electrons. The third-order valence-electron chi connectivity index (χ3n) is 5.46. The van der Waals surface area contributed by atoms with Gasteiger partial charge in [-0.05, 0) is 42.3 Å². The van der Waals surface area contributed by atoms with E-state index in [0.717, 1.165) is 67.2 Å². The number of anilines is 2. The second-order valence-corrected chi connectivity index (χ2v) is 7.60. The standard InChI is InChI=1S/C22H26N8/c1-2-30-15-18(13-25-30)17-3-4-19-20(12-17)27-22(26-19)28-21-11-16(5-6-24-21)14-29-9-7-23-8-10-29/h3-6,11-13,15,23H,2,7-10,14H2,1H3,(H2,24,26,27,28). The second-order valence-electron chi connectivity index (χ2n) is 7.60. The van der Waals surface area contributed by atoms with E-state index in [2.05, 4.69) is 73.0 Å². The van der Waals surface area contributed by atoms with Crippen LogP contribution in [-0.4, -0.2) is 55.8 Å². The molecule has 30 heavy (non-hydrogen) atoms. The molecule has 0 aliphatic carbocycles. The molecule has 8 nitrogen and oxygen atoms in total. The minimum atomic E-state index is 0.693. The first kappa shape index (κ1) is 18.8. The largest absolute Gasteiger partial charge is 0.324 e. The van der Waals surface area contributed by atoms with Gasteiger partial charge >= 0.3 is 0 Å². The number of aryl methyl sites for hydroxylation is 1. The highest BCUT2D eigenvalue weighted by molar-refractivity contribution is 5.83. The van der Waals surface area contributed by atoms with Gasteiger partial charge in [-0.25, -0.2) is 9.97 Å². The molecule has 4 aromatic rings. The zero-order valence-electron chi connectivity index (χ0n) is 17.1. The monoisotopic (exact) mass is 402 g/mol. The Bertz CT molecular complexity index is 1140. The number of pyridine rings is 1. The first-order chi connectivity index (χ1) is 14.8. The normalized spacial score (nSPS) is 15.0. The lowest BCUT2D eigenvalue weighted by atomic mass is 10.1. The van der Waals surface area contributed by atoms with Gasteiger partial charge in [0, 0.05) is 57.2 Å². The molecule has 1 aliphatic heterocycles. The maximum atomic E-state index is 4.66. The van der Waals surface area contributed by atoms with Crippen molar-refractivity contribution in [2.45, 2.75) is 20.0 Å². The third-order valence-corrected chi connectivity index (χ3v) is 5.46. The molecule has 0 unspecified atom stereocenters. The molecule has 1 saturated heterocycles. The average molecular weight is 403 g/mol. The lowest BCUT2D eigenvalue weighted by Gasteiger charge is -2.27. The predicted octanol–water partition coefficient (Wildman–Crippen LogP) is 2.99. The number of imidazole rings is 1. The fourth-order valence-electron chi connectivity index (χ4n) is 3.82. The molecule has 0 spiro atoms. The number of nitrogens with one attached hydrogen (secondary N) is 3. The Kier molecular flexibility index (Phi) is 5.17. The lowest BCUT2D eigenvalue weighted by Crippen LogP contribution is -2.42. The molecule has 3 N–H and O–H groups in total. The SMILES string of the molecule is CCn1cc(-c2ccc3nc(Nc4cc(CN5CCNCC5)ccn4)[nH]c3c2)cn1. The molecular formula is C22H26N8. The fourth-order valence-corrected chi connectivity index (χ4v) is 3.82. The van der Waals surface area contributed by atoms with E-state index in [9.17, 15) is 0 Å². The van der Waals surface area contributed by atoms with Gasteiger partial charge in [-0.3, -0.25) is 9.58 Å². The lowest BCUT2D eigenvalue weighted by molar-refractivity contribution is 0.233. The van der Waals surface area contributed by atoms with Crippen LogP contribution in [-0.2, 0) is 13.1 Å². The van der Waals surface area contributed by atoms with E-state index < -0.39 is 0 Å². The van der Waals surface area contributed by atoms with Crippen molar-refractivity contribution in [1.29, 1.82) is 0 Å². The van der Waals surface area contributed by atoms with Gasteiger partial charge in [-0.1, -0.05) is 6.07 Å². The Morgan fingerprint density at radius 1 is 1.10 bits per heavy atom. The van der Waals surface area contributed by atoms with E-state index in [0.29, 0.717) is 5.95 Å². The molecule has 4 heterocycles. The molecule has 1 aliphatic rings.